The van der Waals surface area contributed by atoms with Gasteiger partial charge >= 0.3 is 0 Å². The van der Waals surface area contributed by atoms with Crippen molar-refractivity contribution in [2.45, 2.75) is 42.3 Å². The first kappa shape index (κ1) is 20.7. The molecule has 32 heavy (non-hydrogen) atoms. The summed E-state index contributed by atoms with van der Waals surface area (Å²) in [5.41, 5.74) is 2.47. The molecule has 0 aliphatic heterocycles. The highest BCUT2D eigenvalue weighted by molar-refractivity contribution is 7.89. The summed E-state index contributed by atoms with van der Waals surface area (Å²) >= 11 is 0. The molecule has 1 fully saturated rings. The number of hydrogen-bond donors (Lipinski definition) is 2. The van der Waals surface area contributed by atoms with Crippen LogP contribution in [0, 0.1) is 11.3 Å². The van der Waals surface area contributed by atoms with Crippen molar-refractivity contribution in [2.24, 2.45) is 0 Å². The minimum atomic E-state index is -3.82. The van der Waals surface area contributed by atoms with Gasteiger partial charge in [-0.3, -0.25) is 0 Å². The van der Waals surface area contributed by atoms with E-state index in [-0.39, 0.29) is 10.9 Å². The van der Waals surface area contributed by atoms with E-state index in [9.17, 15) is 13.5 Å². The van der Waals surface area contributed by atoms with E-state index in [1.54, 1.807) is 0 Å². The van der Waals surface area contributed by atoms with E-state index in [1.165, 1.54) is 24.3 Å². The van der Waals surface area contributed by atoms with Crippen LogP contribution in [0.2, 0.25) is 0 Å². The van der Waals surface area contributed by atoms with Crippen LogP contribution in [0.1, 0.15) is 30.9 Å². The number of nitriles is 1. The molecule has 1 aliphatic rings. The summed E-state index contributed by atoms with van der Waals surface area (Å²) in [6.45, 7) is 0. The lowest BCUT2D eigenvalue weighted by atomic mass is 9.88. The van der Waals surface area contributed by atoms with Crippen LogP contribution >= 0.6 is 0 Å². The fraction of sp³-hybridized carbons (Fsp3) is 0.240. The average Bonchev–Trinajstić information content (AvgIpc) is 3.15. The Labute approximate surface area is 186 Å². The summed E-state index contributed by atoms with van der Waals surface area (Å²) in [6, 6.07) is 23.2. The number of nitrogens with one attached hydrogen (secondary N) is 1. The number of rotatable bonds is 4. The fourth-order valence-electron chi connectivity index (χ4n) is 4.85. The van der Waals surface area contributed by atoms with Crippen LogP contribution in [-0.4, -0.2) is 30.2 Å². The van der Waals surface area contributed by atoms with Gasteiger partial charge in [0, 0.05) is 21.8 Å². The number of hydrogen-bond acceptors (Lipinski definition) is 4. The van der Waals surface area contributed by atoms with Gasteiger partial charge in [0.1, 0.15) is 0 Å². The molecule has 3 atom stereocenters. The highest BCUT2D eigenvalue weighted by atomic mass is 32.2. The van der Waals surface area contributed by atoms with E-state index < -0.39 is 22.2 Å². The zero-order valence-electron chi connectivity index (χ0n) is 17.3. The van der Waals surface area contributed by atoms with Crippen molar-refractivity contribution >= 4 is 31.8 Å². The van der Waals surface area contributed by atoms with Gasteiger partial charge in [-0.1, -0.05) is 36.4 Å². The number of benzene rings is 3. The molecule has 2 N–H and O–H groups in total. The molecule has 6 nitrogen and oxygen atoms in total. The van der Waals surface area contributed by atoms with E-state index in [4.69, 9.17) is 5.26 Å². The Morgan fingerprint density at radius 2 is 1.50 bits per heavy atom. The summed E-state index contributed by atoms with van der Waals surface area (Å²) in [5, 5.41) is 22.5. The Kier molecular flexibility index (Phi) is 5.22. The lowest BCUT2D eigenvalue weighted by Gasteiger charge is -2.36. The van der Waals surface area contributed by atoms with Gasteiger partial charge in [-0.2, -0.15) is 5.26 Å². The molecule has 0 radical (unpaired) electrons. The molecule has 3 aromatic carbocycles. The third-order valence-electron chi connectivity index (χ3n) is 6.37. The van der Waals surface area contributed by atoms with Crippen molar-refractivity contribution < 1.29 is 13.5 Å². The van der Waals surface area contributed by atoms with Crippen molar-refractivity contribution in [1.82, 2.24) is 9.29 Å². The SMILES string of the molecule is N#Cc1ccc(S(=O)(=O)NC2CCCC(n3c4ccccc4c4ccccc43)[C@H]2O)cc1. The van der Waals surface area contributed by atoms with Crippen LogP contribution in [0.3, 0.4) is 0 Å². The Bertz CT molecular complexity index is 1380. The molecule has 1 aromatic heterocycles. The maximum Gasteiger partial charge on any atom is 0.240 e. The van der Waals surface area contributed by atoms with Crippen LogP contribution in [0.25, 0.3) is 21.8 Å². The van der Waals surface area contributed by atoms with Crippen molar-refractivity contribution in [1.29, 1.82) is 5.26 Å². The summed E-state index contributed by atoms with van der Waals surface area (Å²) in [7, 11) is -3.82. The number of aliphatic hydroxyl groups is 1. The summed E-state index contributed by atoms with van der Waals surface area (Å²) in [4.78, 5) is 0.0858. The smallest absolute Gasteiger partial charge is 0.240 e. The minimum Gasteiger partial charge on any atom is -0.389 e. The van der Waals surface area contributed by atoms with Crippen LogP contribution in [0.4, 0.5) is 0 Å². The predicted octanol–water partition coefficient (Wildman–Crippen LogP) is 4.10. The summed E-state index contributed by atoms with van der Waals surface area (Å²) in [6.07, 6.45) is 1.24. The van der Waals surface area contributed by atoms with Gasteiger partial charge in [0.15, 0.2) is 0 Å². The fourth-order valence-corrected chi connectivity index (χ4v) is 6.14. The maximum atomic E-state index is 13.0. The van der Waals surface area contributed by atoms with Crippen molar-refractivity contribution in [2.75, 3.05) is 0 Å². The van der Waals surface area contributed by atoms with E-state index in [2.05, 4.69) is 21.4 Å². The van der Waals surface area contributed by atoms with E-state index in [1.807, 2.05) is 42.5 Å². The Morgan fingerprint density at radius 3 is 2.09 bits per heavy atom. The largest absolute Gasteiger partial charge is 0.389 e. The highest BCUT2D eigenvalue weighted by Crippen LogP contribution is 2.38. The first-order valence-corrected chi connectivity index (χ1v) is 12.2. The molecule has 0 bridgehead atoms. The number of nitrogens with zero attached hydrogens (tertiary/aromatic N) is 2. The van der Waals surface area contributed by atoms with Crippen LogP contribution in [0.15, 0.2) is 77.7 Å². The standard InChI is InChI=1S/C25H23N3O3S/c26-16-17-12-14-18(15-13-17)32(30,31)27-21-8-5-11-24(25(21)29)28-22-9-3-1-6-19(22)20-7-2-4-10-23(20)28/h1-4,6-7,9-10,12-15,21,24-25,27,29H,5,8,11H2/t21?,24?,25-/m0/s1. The predicted molar refractivity (Wildman–Crippen MR) is 124 cm³/mol. The van der Waals surface area contributed by atoms with Gasteiger partial charge in [0.25, 0.3) is 0 Å². The lowest BCUT2D eigenvalue weighted by molar-refractivity contribution is 0.0547. The Morgan fingerprint density at radius 1 is 0.906 bits per heavy atom. The molecule has 0 saturated heterocycles. The molecule has 4 aromatic rings. The molecule has 1 saturated carbocycles. The lowest BCUT2D eigenvalue weighted by Crippen LogP contribution is -2.49. The maximum absolute atomic E-state index is 13.0. The van der Waals surface area contributed by atoms with Gasteiger partial charge in [-0.15, -0.1) is 0 Å². The molecule has 5 rings (SSSR count). The Hall–Kier alpha value is -3.18. The topological polar surface area (TPSA) is 95.1 Å². The number of fused-ring (bicyclic) bond motifs is 3. The number of sulfonamides is 1. The second-order valence-electron chi connectivity index (χ2n) is 8.26. The molecule has 2 unspecified atom stereocenters. The number of para-hydroxylation sites is 2. The van der Waals surface area contributed by atoms with Crippen molar-refractivity contribution in [3.63, 3.8) is 0 Å². The van der Waals surface area contributed by atoms with E-state index in [0.29, 0.717) is 12.0 Å². The van der Waals surface area contributed by atoms with Gasteiger partial charge in [0.2, 0.25) is 10.0 Å². The molecule has 7 heteroatoms. The van der Waals surface area contributed by atoms with Gasteiger partial charge in [-0.25, -0.2) is 13.1 Å². The second kappa shape index (κ2) is 8.06. The third-order valence-corrected chi connectivity index (χ3v) is 7.88. The summed E-state index contributed by atoms with van der Waals surface area (Å²) < 4.78 is 30.8. The molecule has 0 spiro atoms. The quantitative estimate of drug-likeness (QED) is 0.494. The molecule has 1 heterocycles. The zero-order chi connectivity index (χ0) is 22.3. The molecular formula is C25H23N3O3S. The number of aromatic nitrogens is 1. The van der Waals surface area contributed by atoms with E-state index >= 15 is 0 Å². The summed E-state index contributed by atoms with van der Waals surface area (Å²) in [5.74, 6) is 0. The molecule has 162 valence electrons. The average molecular weight is 446 g/mol. The Balaban J connectivity index is 1.50. The minimum absolute atomic E-state index is 0.0858. The van der Waals surface area contributed by atoms with Gasteiger partial charge < -0.3 is 9.67 Å². The second-order valence-corrected chi connectivity index (χ2v) is 9.97. The van der Waals surface area contributed by atoms with Crippen molar-refractivity contribution in [3.8, 4) is 6.07 Å². The monoisotopic (exact) mass is 445 g/mol. The highest BCUT2D eigenvalue weighted by Gasteiger charge is 2.36. The molecule has 1 aliphatic carbocycles. The third kappa shape index (κ3) is 3.47. The van der Waals surface area contributed by atoms with Crippen LogP contribution in [-0.2, 0) is 10.0 Å². The first-order chi connectivity index (χ1) is 15.5. The number of aliphatic hydroxyl groups excluding tert-OH is 1. The molecular weight excluding hydrogens is 422 g/mol. The van der Waals surface area contributed by atoms with Crippen LogP contribution < -0.4 is 4.72 Å². The van der Waals surface area contributed by atoms with Crippen LogP contribution in [0.5, 0.6) is 0 Å². The first-order valence-electron chi connectivity index (χ1n) is 10.7. The van der Waals surface area contributed by atoms with Crippen molar-refractivity contribution in [3.05, 3.63) is 78.4 Å². The normalized spacial score (nSPS) is 21.6. The zero-order valence-corrected chi connectivity index (χ0v) is 18.2. The van der Waals surface area contributed by atoms with E-state index in [0.717, 1.165) is 34.6 Å². The van der Waals surface area contributed by atoms with Gasteiger partial charge in [-0.05, 0) is 55.7 Å². The van der Waals surface area contributed by atoms with Gasteiger partial charge in [0.05, 0.1) is 34.7 Å². The molecule has 0 amide bonds.